The lowest BCUT2D eigenvalue weighted by Crippen LogP contribution is -2.43. The van der Waals surface area contributed by atoms with E-state index in [1.807, 2.05) is 0 Å². The topological polar surface area (TPSA) is 49.8 Å². The second-order valence-corrected chi connectivity index (χ2v) is 11.9. The third-order valence-electron chi connectivity index (χ3n) is 8.50. The van der Waals surface area contributed by atoms with Crippen molar-refractivity contribution in [3.05, 3.63) is 42.0 Å². The van der Waals surface area contributed by atoms with Crippen LogP contribution in [0, 0.1) is 23.2 Å². The fourth-order valence-electron chi connectivity index (χ4n) is 6.29. The molecule has 1 N–H and O–H groups in total. The Morgan fingerprint density at radius 2 is 1.74 bits per heavy atom. The van der Waals surface area contributed by atoms with Gasteiger partial charge in [-0.15, -0.1) is 0 Å². The van der Waals surface area contributed by atoms with E-state index in [0.717, 1.165) is 50.4 Å². The van der Waals surface area contributed by atoms with Gasteiger partial charge in [0.2, 0.25) is 0 Å². The lowest BCUT2D eigenvalue weighted by atomic mass is 9.72. The highest BCUT2D eigenvalue weighted by Crippen LogP contribution is 2.39. The second-order valence-electron chi connectivity index (χ2n) is 11.9. The molecule has 3 atom stereocenters. The molecule has 1 aliphatic carbocycles. The molecule has 2 aliphatic rings. The van der Waals surface area contributed by atoms with Crippen molar-refractivity contribution in [1.82, 2.24) is 4.90 Å². The van der Waals surface area contributed by atoms with Crippen molar-refractivity contribution < 1.29 is 14.6 Å². The fraction of sp³-hybridized carbons (Fsp3) is 0.633. The summed E-state index contributed by atoms with van der Waals surface area (Å²) in [6, 6.07) is 13.6. The smallest absolute Gasteiger partial charge is 0.306 e. The highest BCUT2D eigenvalue weighted by molar-refractivity contribution is 5.84. The zero-order valence-electron chi connectivity index (χ0n) is 21.7. The predicted molar refractivity (Wildman–Crippen MR) is 139 cm³/mol. The van der Waals surface area contributed by atoms with Gasteiger partial charge < -0.3 is 9.84 Å². The lowest BCUT2D eigenvalue weighted by molar-refractivity contribution is -0.145. The first kappa shape index (κ1) is 25.0. The van der Waals surface area contributed by atoms with Crippen molar-refractivity contribution in [2.45, 2.75) is 85.3 Å². The summed E-state index contributed by atoms with van der Waals surface area (Å²) in [5, 5.41) is 11.9. The Bertz CT molecular complexity index is 986. The molecule has 4 heteroatoms. The van der Waals surface area contributed by atoms with Crippen LogP contribution in [0.5, 0.6) is 5.75 Å². The van der Waals surface area contributed by atoms with Crippen LogP contribution in [0.3, 0.4) is 0 Å². The summed E-state index contributed by atoms with van der Waals surface area (Å²) >= 11 is 0. The average molecular weight is 466 g/mol. The van der Waals surface area contributed by atoms with Gasteiger partial charge in [-0.2, -0.15) is 0 Å². The third kappa shape index (κ3) is 5.59. The van der Waals surface area contributed by atoms with Crippen molar-refractivity contribution in [3.63, 3.8) is 0 Å². The number of benzene rings is 2. The quantitative estimate of drug-likeness (QED) is 0.486. The Hall–Kier alpha value is -2.07. The molecular formula is C30H43NO3. The molecule has 1 heterocycles. The molecule has 0 bridgehead atoms. The van der Waals surface area contributed by atoms with Crippen molar-refractivity contribution in [2.75, 3.05) is 13.1 Å². The van der Waals surface area contributed by atoms with Crippen LogP contribution < -0.4 is 4.74 Å². The van der Waals surface area contributed by atoms with Crippen molar-refractivity contribution in [3.8, 4) is 5.75 Å². The van der Waals surface area contributed by atoms with E-state index in [-0.39, 0.29) is 11.8 Å². The highest BCUT2D eigenvalue weighted by Gasteiger charge is 2.34. The van der Waals surface area contributed by atoms with E-state index < -0.39 is 5.97 Å². The van der Waals surface area contributed by atoms with E-state index in [4.69, 9.17) is 4.74 Å². The first-order chi connectivity index (χ1) is 16.2. The maximum atomic E-state index is 11.5. The number of nitrogens with zero attached hydrogens (tertiary/aromatic N) is 1. The van der Waals surface area contributed by atoms with Gasteiger partial charge in [-0.3, -0.25) is 9.69 Å². The lowest BCUT2D eigenvalue weighted by Gasteiger charge is -2.40. The Kier molecular flexibility index (Phi) is 7.57. The van der Waals surface area contributed by atoms with Crippen LogP contribution in [-0.4, -0.2) is 35.2 Å². The van der Waals surface area contributed by atoms with E-state index >= 15 is 0 Å². The number of fused-ring (bicyclic) bond motifs is 1. The van der Waals surface area contributed by atoms with Crippen molar-refractivity contribution in [1.29, 1.82) is 0 Å². The molecule has 4 nitrogen and oxygen atoms in total. The molecule has 2 aromatic carbocycles. The van der Waals surface area contributed by atoms with E-state index in [1.54, 1.807) is 0 Å². The van der Waals surface area contributed by atoms with Crippen LogP contribution in [0.2, 0.25) is 0 Å². The Morgan fingerprint density at radius 1 is 1.06 bits per heavy atom. The number of hydrogen-bond donors (Lipinski definition) is 1. The maximum absolute atomic E-state index is 11.5. The number of likely N-dealkylation sites (tertiary alicyclic amines) is 1. The average Bonchev–Trinajstić information content (AvgIpc) is 2.79. The van der Waals surface area contributed by atoms with Crippen LogP contribution in [0.4, 0.5) is 0 Å². The Labute approximate surface area is 205 Å². The minimum atomic E-state index is -0.647. The number of carboxylic acids is 1. The van der Waals surface area contributed by atoms with E-state index in [2.05, 4.69) is 75.9 Å². The van der Waals surface area contributed by atoms with Gasteiger partial charge in [0.05, 0.1) is 12.0 Å². The molecule has 34 heavy (non-hydrogen) atoms. The van der Waals surface area contributed by atoms with Crippen molar-refractivity contribution >= 4 is 16.7 Å². The van der Waals surface area contributed by atoms with Gasteiger partial charge in [0, 0.05) is 12.6 Å². The minimum Gasteiger partial charge on any atom is -0.490 e. The second kappa shape index (κ2) is 10.3. The number of aliphatic carboxylic acids is 1. The fourth-order valence-corrected chi connectivity index (χ4v) is 6.29. The molecule has 1 saturated carbocycles. The van der Waals surface area contributed by atoms with Gasteiger partial charge in [0.1, 0.15) is 5.75 Å². The summed E-state index contributed by atoms with van der Waals surface area (Å²) in [5.74, 6) is 1.10. The summed E-state index contributed by atoms with van der Waals surface area (Å²) < 4.78 is 6.40. The zero-order chi connectivity index (χ0) is 24.5. The number of piperidine rings is 1. The van der Waals surface area contributed by atoms with Crippen LogP contribution in [0.25, 0.3) is 10.8 Å². The monoisotopic (exact) mass is 465 g/mol. The third-order valence-corrected chi connectivity index (χ3v) is 8.50. The van der Waals surface area contributed by atoms with E-state index in [1.165, 1.54) is 29.2 Å². The van der Waals surface area contributed by atoms with Gasteiger partial charge in [-0.1, -0.05) is 52.8 Å². The van der Waals surface area contributed by atoms with Gasteiger partial charge in [-0.05, 0) is 96.9 Å². The standard InChI is InChI=1S/C30H43NO3/c1-6-28(31-16-15-27(29(32)33)20(2)19-31)23-8-7-22-18-26(12-9-21(22)17-23)34-25-13-10-24(11-14-25)30(3,4)5/h7-9,12,17-18,20,24-25,27-28H,6,10-11,13-16,19H2,1-5H3,(H,32,33). The van der Waals surface area contributed by atoms with Crippen molar-refractivity contribution in [2.24, 2.45) is 23.2 Å². The van der Waals surface area contributed by atoms with Crippen LogP contribution >= 0.6 is 0 Å². The first-order valence-electron chi connectivity index (χ1n) is 13.3. The summed E-state index contributed by atoms with van der Waals surface area (Å²) in [4.78, 5) is 14.0. The molecule has 0 aromatic heterocycles. The molecule has 3 unspecified atom stereocenters. The SMILES string of the molecule is CCC(c1ccc2cc(OC3CCC(C(C)(C)C)CC3)ccc2c1)N1CCC(C(=O)O)C(C)C1. The first-order valence-corrected chi connectivity index (χ1v) is 13.3. The molecule has 1 aliphatic heterocycles. The summed E-state index contributed by atoms with van der Waals surface area (Å²) in [6.45, 7) is 13.1. The van der Waals surface area contributed by atoms with Gasteiger partial charge in [0.15, 0.2) is 0 Å². The molecule has 0 radical (unpaired) electrons. The van der Waals surface area contributed by atoms with Gasteiger partial charge in [-0.25, -0.2) is 0 Å². The van der Waals surface area contributed by atoms with Crippen LogP contribution in [-0.2, 0) is 4.79 Å². The Morgan fingerprint density at radius 3 is 2.35 bits per heavy atom. The summed E-state index contributed by atoms with van der Waals surface area (Å²) in [7, 11) is 0. The maximum Gasteiger partial charge on any atom is 0.306 e. The zero-order valence-corrected chi connectivity index (χ0v) is 21.7. The molecule has 0 spiro atoms. The largest absolute Gasteiger partial charge is 0.490 e. The number of ether oxygens (including phenoxy) is 1. The van der Waals surface area contributed by atoms with Gasteiger partial charge >= 0.3 is 5.97 Å². The highest BCUT2D eigenvalue weighted by atomic mass is 16.5. The normalized spacial score (nSPS) is 27.4. The van der Waals surface area contributed by atoms with E-state index in [9.17, 15) is 9.90 Å². The minimum absolute atomic E-state index is 0.180. The molecule has 186 valence electrons. The predicted octanol–water partition coefficient (Wildman–Crippen LogP) is 7.32. The summed E-state index contributed by atoms with van der Waals surface area (Å²) in [6.07, 6.45) is 6.89. The van der Waals surface area contributed by atoms with Crippen LogP contribution in [0.15, 0.2) is 36.4 Å². The molecule has 4 rings (SSSR count). The van der Waals surface area contributed by atoms with E-state index in [0.29, 0.717) is 17.6 Å². The summed E-state index contributed by atoms with van der Waals surface area (Å²) in [5.41, 5.74) is 1.72. The number of hydrogen-bond acceptors (Lipinski definition) is 3. The molecule has 1 saturated heterocycles. The number of rotatable bonds is 6. The molecule has 0 amide bonds. The molecule has 2 aromatic rings. The number of carboxylic acid groups (broad SMARTS) is 1. The van der Waals surface area contributed by atoms with Crippen LogP contribution in [0.1, 0.15) is 84.7 Å². The molecule has 2 fully saturated rings. The Balaban J connectivity index is 1.42. The molecular weight excluding hydrogens is 422 g/mol. The number of carbonyl (C=O) groups is 1. The van der Waals surface area contributed by atoms with Gasteiger partial charge in [0.25, 0.3) is 0 Å².